The van der Waals surface area contributed by atoms with Gasteiger partial charge in [-0.15, -0.1) is 0 Å². The lowest BCUT2D eigenvalue weighted by atomic mass is 9.80. The number of carbonyl (C=O) groups excluding carboxylic acids is 4. The number of ether oxygens (including phenoxy) is 1. The number of nitrogens with one attached hydrogen (secondary N) is 3. The summed E-state index contributed by atoms with van der Waals surface area (Å²) in [6.07, 6.45) is 2.08. The highest BCUT2D eigenvalue weighted by atomic mass is 16.5. The average molecular weight is 629 g/mol. The zero-order valence-electron chi connectivity index (χ0n) is 28.2. The Labute approximate surface area is 273 Å². The molecule has 0 radical (unpaired) electrons. The first-order valence-electron chi connectivity index (χ1n) is 15.7. The number of hydrogen-bond acceptors (Lipinski definition) is 5. The molecule has 1 atom stereocenters. The molecule has 3 rings (SSSR count). The molecular formula is C37H48N4O5. The van der Waals surface area contributed by atoms with Crippen LogP contribution in [0, 0.1) is 12.3 Å². The van der Waals surface area contributed by atoms with Gasteiger partial charge in [0, 0.05) is 43.9 Å². The molecule has 4 amide bonds. The molecule has 0 bridgehead atoms. The Kier molecular flexibility index (Phi) is 12.5. The summed E-state index contributed by atoms with van der Waals surface area (Å²) in [4.78, 5) is 52.7. The van der Waals surface area contributed by atoms with Gasteiger partial charge in [0.25, 0.3) is 11.8 Å². The summed E-state index contributed by atoms with van der Waals surface area (Å²) in [5.74, 6) is -0.208. The molecule has 3 N–H and O–H groups in total. The van der Waals surface area contributed by atoms with Crippen LogP contribution < -0.4 is 20.7 Å². The first-order chi connectivity index (χ1) is 21.6. The topological polar surface area (TPSA) is 117 Å². The van der Waals surface area contributed by atoms with E-state index in [0.29, 0.717) is 42.1 Å². The monoisotopic (exact) mass is 628 g/mol. The molecule has 0 aliphatic heterocycles. The highest BCUT2D eigenvalue weighted by Gasteiger charge is 2.39. The van der Waals surface area contributed by atoms with E-state index in [9.17, 15) is 19.2 Å². The molecule has 0 aliphatic rings. The second kappa shape index (κ2) is 16.1. The quantitative estimate of drug-likeness (QED) is 0.186. The third-order valence-electron chi connectivity index (χ3n) is 7.54. The van der Waals surface area contributed by atoms with Gasteiger partial charge in [0.2, 0.25) is 11.8 Å². The predicted molar refractivity (Wildman–Crippen MR) is 182 cm³/mol. The molecular weight excluding hydrogens is 580 g/mol. The van der Waals surface area contributed by atoms with Crippen LogP contribution in [0.25, 0.3) is 0 Å². The normalized spacial score (nSPS) is 12.4. The fraction of sp³-hybridized carbons (Fsp3) is 0.405. The van der Waals surface area contributed by atoms with Crippen molar-refractivity contribution in [1.29, 1.82) is 0 Å². The van der Waals surface area contributed by atoms with Crippen LogP contribution in [0.2, 0.25) is 0 Å². The number of hydrogen-bond donors (Lipinski definition) is 3. The van der Waals surface area contributed by atoms with Gasteiger partial charge in [0.05, 0.1) is 6.61 Å². The number of anilines is 1. The average Bonchev–Trinajstić information content (AvgIpc) is 3.00. The standard InChI is InChI=1S/C37H48N4O5/c1-26-13-17-31(18-14-26)39-35(45)37(6,25-36(3,4)5)40-34(44)30-12-10-11-28(23-30)24-38-33(43)29-15-19-32(20-16-29)46-22-9-8-21-41(7)27(2)42/h10-20,23H,8-9,21-22,24-25H2,1-7H3,(H,38,43)(H,39,45)(H,40,44)/t37-/m1/s1. The van der Waals surface area contributed by atoms with Gasteiger partial charge in [-0.1, -0.05) is 50.6 Å². The maximum Gasteiger partial charge on any atom is 0.252 e. The van der Waals surface area contributed by atoms with Gasteiger partial charge in [0.15, 0.2) is 0 Å². The third kappa shape index (κ3) is 11.4. The van der Waals surface area contributed by atoms with E-state index in [1.807, 2.05) is 58.0 Å². The Morgan fingerprint density at radius 1 is 0.826 bits per heavy atom. The summed E-state index contributed by atoms with van der Waals surface area (Å²) in [6, 6.07) is 21.4. The van der Waals surface area contributed by atoms with Crippen LogP contribution in [0.1, 0.15) is 85.7 Å². The minimum absolute atomic E-state index is 0.0443. The van der Waals surface area contributed by atoms with Crippen molar-refractivity contribution in [3.63, 3.8) is 0 Å². The highest BCUT2D eigenvalue weighted by molar-refractivity contribution is 6.03. The molecule has 246 valence electrons. The predicted octanol–water partition coefficient (Wildman–Crippen LogP) is 6.13. The van der Waals surface area contributed by atoms with Crippen LogP contribution in [0.15, 0.2) is 72.8 Å². The molecule has 0 unspecified atom stereocenters. The third-order valence-corrected chi connectivity index (χ3v) is 7.54. The van der Waals surface area contributed by atoms with Gasteiger partial charge in [-0.25, -0.2) is 0 Å². The molecule has 9 heteroatoms. The van der Waals surface area contributed by atoms with Crippen LogP contribution >= 0.6 is 0 Å². The van der Waals surface area contributed by atoms with Gasteiger partial charge in [-0.3, -0.25) is 19.2 Å². The largest absolute Gasteiger partial charge is 0.494 e. The van der Waals surface area contributed by atoms with Crippen LogP contribution in [0.5, 0.6) is 5.75 Å². The Hall–Kier alpha value is -4.66. The molecule has 0 spiro atoms. The summed E-state index contributed by atoms with van der Waals surface area (Å²) in [5.41, 5.74) is 1.96. The molecule has 3 aromatic rings. The Balaban J connectivity index is 1.57. The van der Waals surface area contributed by atoms with Crippen molar-refractivity contribution >= 4 is 29.3 Å². The first kappa shape index (κ1) is 35.8. The van der Waals surface area contributed by atoms with E-state index in [1.165, 1.54) is 0 Å². The Bertz CT molecular complexity index is 1500. The summed E-state index contributed by atoms with van der Waals surface area (Å²) in [7, 11) is 1.78. The van der Waals surface area contributed by atoms with Crippen LogP contribution in [-0.4, -0.2) is 54.3 Å². The second-order valence-corrected chi connectivity index (χ2v) is 13.2. The fourth-order valence-electron chi connectivity index (χ4n) is 5.08. The summed E-state index contributed by atoms with van der Waals surface area (Å²) >= 11 is 0. The van der Waals surface area contributed by atoms with E-state index in [0.717, 1.165) is 24.0 Å². The van der Waals surface area contributed by atoms with Crippen molar-refractivity contribution in [2.45, 2.75) is 72.9 Å². The fourth-order valence-corrected chi connectivity index (χ4v) is 5.08. The molecule has 0 aromatic heterocycles. The van der Waals surface area contributed by atoms with E-state index < -0.39 is 5.54 Å². The smallest absolute Gasteiger partial charge is 0.252 e. The Morgan fingerprint density at radius 3 is 2.13 bits per heavy atom. The van der Waals surface area contributed by atoms with Crippen molar-refractivity contribution in [3.8, 4) is 5.75 Å². The maximum absolute atomic E-state index is 13.5. The van der Waals surface area contributed by atoms with Crippen LogP contribution in [0.4, 0.5) is 5.69 Å². The van der Waals surface area contributed by atoms with E-state index in [2.05, 4.69) is 16.0 Å². The van der Waals surface area contributed by atoms with Gasteiger partial charge >= 0.3 is 0 Å². The van der Waals surface area contributed by atoms with Crippen LogP contribution in [0.3, 0.4) is 0 Å². The zero-order chi connectivity index (χ0) is 33.9. The number of unbranched alkanes of at least 4 members (excludes halogenated alkanes) is 1. The van der Waals surface area contributed by atoms with Crippen molar-refractivity contribution in [1.82, 2.24) is 15.5 Å². The summed E-state index contributed by atoms with van der Waals surface area (Å²) < 4.78 is 5.76. The van der Waals surface area contributed by atoms with Crippen LogP contribution in [-0.2, 0) is 16.1 Å². The molecule has 9 nitrogen and oxygen atoms in total. The van der Waals surface area contributed by atoms with Crippen molar-refractivity contribution in [2.75, 3.05) is 25.5 Å². The minimum atomic E-state index is -1.17. The van der Waals surface area contributed by atoms with Crippen molar-refractivity contribution in [3.05, 3.63) is 95.1 Å². The second-order valence-electron chi connectivity index (χ2n) is 13.2. The summed E-state index contributed by atoms with van der Waals surface area (Å²) in [5, 5.41) is 8.84. The molecule has 0 saturated carbocycles. The van der Waals surface area contributed by atoms with Gasteiger partial charge < -0.3 is 25.6 Å². The lowest BCUT2D eigenvalue weighted by molar-refractivity contribution is -0.127. The lowest BCUT2D eigenvalue weighted by Gasteiger charge is -2.35. The highest BCUT2D eigenvalue weighted by Crippen LogP contribution is 2.29. The molecule has 0 heterocycles. The number of nitrogens with zero attached hydrogens (tertiary/aromatic N) is 1. The maximum atomic E-state index is 13.5. The van der Waals surface area contributed by atoms with Gasteiger partial charge in [0.1, 0.15) is 11.3 Å². The number of benzene rings is 3. The van der Waals surface area contributed by atoms with E-state index >= 15 is 0 Å². The van der Waals surface area contributed by atoms with E-state index in [4.69, 9.17) is 4.74 Å². The molecule has 3 aromatic carbocycles. The number of aryl methyl sites for hydroxylation is 1. The van der Waals surface area contributed by atoms with E-state index in [1.54, 1.807) is 68.3 Å². The first-order valence-corrected chi connectivity index (χ1v) is 15.7. The van der Waals surface area contributed by atoms with Crippen molar-refractivity contribution in [2.24, 2.45) is 5.41 Å². The van der Waals surface area contributed by atoms with Gasteiger partial charge in [-0.05, 0) is 92.6 Å². The van der Waals surface area contributed by atoms with E-state index in [-0.39, 0.29) is 35.6 Å². The minimum Gasteiger partial charge on any atom is -0.494 e. The lowest BCUT2D eigenvalue weighted by Crippen LogP contribution is -2.56. The summed E-state index contributed by atoms with van der Waals surface area (Å²) in [6.45, 7) is 12.8. The number of carbonyl (C=O) groups is 4. The zero-order valence-corrected chi connectivity index (χ0v) is 28.2. The number of amides is 4. The van der Waals surface area contributed by atoms with Gasteiger partial charge in [-0.2, -0.15) is 0 Å². The molecule has 0 saturated heterocycles. The molecule has 0 fully saturated rings. The van der Waals surface area contributed by atoms with Crippen molar-refractivity contribution < 1.29 is 23.9 Å². The number of rotatable bonds is 14. The SMILES string of the molecule is CC(=O)N(C)CCCCOc1ccc(C(=O)NCc2cccc(C(=O)N[C@](C)(CC(C)(C)C)C(=O)Nc3ccc(C)cc3)c2)cc1. The molecule has 46 heavy (non-hydrogen) atoms. The Morgan fingerprint density at radius 2 is 1.50 bits per heavy atom. The molecule has 0 aliphatic carbocycles.